The van der Waals surface area contributed by atoms with Gasteiger partial charge in [0.25, 0.3) is 0 Å². The van der Waals surface area contributed by atoms with Gasteiger partial charge in [-0.05, 0) is 0 Å². The molecule has 0 atom stereocenters. The van der Waals surface area contributed by atoms with Crippen LogP contribution in [-0.4, -0.2) is 11.1 Å². The van der Waals surface area contributed by atoms with Crippen molar-refractivity contribution in [2.24, 2.45) is 0 Å². The molecule has 0 aliphatic carbocycles. The predicted molar refractivity (Wildman–Crippen MR) is 18.7 cm³/mol. The first-order valence-electron chi connectivity index (χ1n) is 1.20. The normalized spacial score (nSPS) is 6.60. The van der Waals surface area contributed by atoms with Crippen LogP contribution in [0.3, 0.4) is 0 Å². The Morgan fingerprint density at radius 3 is 1.80 bits per heavy atom. The van der Waals surface area contributed by atoms with Crippen LogP contribution in [0.2, 0.25) is 0 Å². The zero-order valence-electron chi connectivity index (χ0n) is 2.84. The lowest BCUT2D eigenvalue weighted by molar-refractivity contribution is -0.373. The Bertz CT molecular complexity index is 45.6. The second kappa shape index (κ2) is 1.58. The average molecular weight is 74.1 g/mol. The van der Waals surface area contributed by atoms with Crippen LogP contribution in [-0.2, 0) is 0 Å². The molecule has 0 radical (unpaired) electrons. The summed E-state index contributed by atoms with van der Waals surface area (Å²) in [7, 11) is 0. The van der Waals surface area contributed by atoms with Gasteiger partial charge in [0, 0.05) is 6.92 Å². The van der Waals surface area contributed by atoms with Gasteiger partial charge in [-0.15, -0.1) is 0 Å². The molecule has 0 spiro atoms. The third-order valence-electron chi connectivity index (χ3n) is 0.211. The molecule has 0 fully saturated rings. The van der Waals surface area contributed by atoms with E-state index < -0.39 is 4.90 Å². The Morgan fingerprint density at radius 1 is 1.60 bits per heavy atom. The number of nitrogens with zero attached hydrogens (tertiary/aromatic N) is 1. The minimum atomic E-state index is -0.500. The molecule has 0 aliphatic heterocycles. The molecular weight excluding hydrogens is 70.0 g/mol. The number of hydrogen-bond acceptors (Lipinski definition) is 2. The maximum absolute atomic E-state index is 9.12. The van der Waals surface area contributed by atoms with Gasteiger partial charge in [0.15, 0.2) is 6.21 Å². The van der Waals surface area contributed by atoms with Gasteiger partial charge in [-0.1, -0.05) is 0 Å². The third kappa shape index (κ3) is 3.27. The van der Waals surface area contributed by atoms with Crippen molar-refractivity contribution in [3.05, 3.63) is 10.4 Å². The molecule has 0 aromatic rings. The molecule has 0 unspecified atom stereocenters. The standard InChI is InChI=1S/C2H4NO2/c1-2-3(4)5/h2H,1H3/q-1. The molecule has 30 valence electrons. The first-order chi connectivity index (χ1) is 2.27. The van der Waals surface area contributed by atoms with Crippen LogP contribution in [0.5, 0.6) is 0 Å². The molecule has 0 saturated carbocycles. The Hall–Kier alpha value is -0.730. The fourth-order valence-corrected chi connectivity index (χ4v) is 0. The summed E-state index contributed by atoms with van der Waals surface area (Å²) in [6, 6.07) is 0. The predicted octanol–water partition coefficient (Wildman–Crippen LogP) is 0.0852. The van der Waals surface area contributed by atoms with Crippen molar-refractivity contribution in [1.82, 2.24) is 0 Å². The van der Waals surface area contributed by atoms with Gasteiger partial charge in [-0.2, -0.15) is 4.90 Å². The monoisotopic (exact) mass is 74.0 g/mol. The summed E-state index contributed by atoms with van der Waals surface area (Å²) >= 11 is 0. The van der Waals surface area contributed by atoms with E-state index in [9.17, 15) is 0 Å². The van der Waals surface area contributed by atoms with Crippen LogP contribution in [0.15, 0.2) is 0 Å². The van der Waals surface area contributed by atoms with Crippen molar-refractivity contribution in [3.8, 4) is 0 Å². The van der Waals surface area contributed by atoms with Crippen LogP contribution < -0.4 is 0 Å². The van der Waals surface area contributed by atoms with E-state index in [1.165, 1.54) is 6.92 Å². The van der Waals surface area contributed by atoms with Crippen LogP contribution in [0, 0.1) is 10.4 Å². The molecule has 0 saturated heterocycles. The summed E-state index contributed by atoms with van der Waals surface area (Å²) < 4.78 is 0. The van der Waals surface area contributed by atoms with Crippen LogP contribution >= 0.6 is 0 Å². The largest absolute Gasteiger partial charge is 0.613 e. The van der Waals surface area contributed by atoms with E-state index in [1.807, 2.05) is 0 Å². The Morgan fingerprint density at radius 2 is 1.80 bits per heavy atom. The molecule has 0 amide bonds. The third-order valence-corrected chi connectivity index (χ3v) is 0.211. The smallest absolute Gasteiger partial charge is 0.160 e. The van der Waals surface area contributed by atoms with E-state index in [2.05, 4.69) is 0 Å². The zero-order chi connectivity index (χ0) is 4.28. The van der Waals surface area contributed by atoms with Gasteiger partial charge >= 0.3 is 0 Å². The average Bonchev–Trinajstić information content (AvgIpc) is 1.38. The summed E-state index contributed by atoms with van der Waals surface area (Å²) in [4.78, 5) is -0.500. The lowest BCUT2D eigenvalue weighted by Crippen LogP contribution is -1.86. The van der Waals surface area contributed by atoms with E-state index >= 15 is 0 Å². The summed E-state index contributed by atoms with van der Waals surface area (Å²) in [5.74, 6) is 0. The molecule has 0 aliphatic rings. The lowest BCUT2D eigenvalue weighted by Gasteiger charge is -1.97. The SMILES string of the molecule is CC=[N+]([O-])[O-]. The zero-order valence-corrected chi connectivity index (χ0v) is 2.84. The molecule has 0 aromatic heterocycles. The van der Waals surface area contributed by atoms with Gasteiger partial charge in [0.1, 0.15) is 0 Å². The Balaban J connectivity index is 3.14. The molecule has 0 N–H and O–H groups in total. The van der Waals surface area contributed by atoms with E-state index in [0.29, 0.717) is 0 Å². The lowest BCUT2D eigenvalue weighted by atomic mass is 10.9. The van der Waals surface area contributed by atoms with E-state index in [1.54, 1.807) is 0 Å². The number of rotatable bonds is 0. The highest BCUT2D eigenvalue weighted by Crippen LogP contribution is 1.50. The van der Waals surface area contributed by atoms with Crippen LogP contribution in [0.4, 0.5) is 0 Å². The summed E-state index contributed by atoms with van der Waals surface area (Å²) in [5, 5.41) is 18.2. The fourth-order valence-electron chi connectivity index (χ4n) is 0. The minimum absolute atomic E-state index is 0.500. The van der Waals surface area contributed by atoms with Crippen LogP contribution in [0.25, 0.3) is 0 Å². The second-order valence-corrected chi connectivity index (χ2v) is 0.544. The molecule has 3 nitrogen and oxygen atoms in total. The highest BCUT2D eigenvalue weighted by atomic mass is 16.8. The Labute approximate surface area is 29.7 Å². The fraction of sp³-hybridized carbons (Fsp3) is 0.500. The Kier molecular flexibility index (Phi) is 1.35. The second-order valence-electron chi connectivity index (χ2n) is 0.544. The topological polar surface area (TPSA) is 49.1 Å². The summed E-state index contributed by atoms with van der Waals surface area (Å²) in [5.41, 5.74) is 0. The highest BCUT2D eigenvalue weighted by Gasteiger charge is 1.50. The molecule has 0 heterocycles. The van der Waals surface area contributed by atoms with Crippen LogP contribution in [0.1, 0.15) is 6.92 Å². The highest BCUT2D eigenvalue weighted by molar-refractivity contribution is 5.46. The molecular formula is C2H4NO2-. The van der Waals surface area contributed by atoms with Crippen molar-refractivity contribution in [2.45, 2.75) is 6.92 Å². The summed E-state index contributed by atoms with van der Waals surface area (Å²) in [6.07, 6.45) is 0.889. The maximum Gasteiger partial charge on any atom is 0.160 e. The van der Waals surface area contributed by atoms with Crippen molar-refractivity contribution in [2.75, 3.05) is 0 Å². The first kappa shape index (κ1) is 4.27. The maximum atomic E-state index is 9.12. The minimum Gasteiger partial charge on any atom is -0.613 e. The van der Waals surface area contributed by atoms with Crippen molar-refractivity contribution in [3.63, 3.8) is 0 Å². The molecule has 5 heavy (non-hydrogen) atoms. The van der Waals surface area contributed by atoms with E-state index in [-0.39, 0.29) is 0 Å². The molecule has 0 bridgehead atoms. The van der Waals surface area contributed by atoms with Gasteiger partial charge in [0.05, 0.1) is 0 Å². The quantitative estimate of drug-likeness (QED) is 0.232. The number of hydrogen-bond donors (Lipinski definition) is 0. The summed E-state index contributed by atoms with van der Waals surface area (Å²) in [6.45, 7) is 1.38. The molecule has 3 heteroatoms. The van der Waals surface area contributed by atoms with Crippen molar-refractivity contribution < 1.29 is 4.90 Å². The van der Waals surface area contributed by atoms with Gasteiger partial charge < -0.3 is 10.4 Å². The van der Waals surface area contributed by atoms with E-state index in [0.717, 1.165) is 6.21 Å². The van der Waals surface area contributed by atoms with E-state index in [4.69, 9.17) is 10.4 Å². The van der Waals surface area contributed by atoms with Gasteiger partial charge in [0.2, 0.25) is 0 Å². The van der Waals surface area contributed by atoms with Gasteiger partial charge in [-0.25, -0.2) is 0 Å². The first-order valence-corrected chi connectivity index (χ1v) is 1.20. The van der Waals surface area contributed by atoms with Crippen molar-refractivity contribution in [1.29, 1.82) is 0 Å². The molecule has 0 aromatic carbocycles. The van der Waals surface area contributed by atoms with Gasteiger partial charge in [-0.3, -0.25) is 0 Å². The molecule has 0 rings (SSSR count). The van der Waals surface area contributed by atoms with Crippen molar-refractivity contribution >= 4 is 6.21 Å².